The summed E-state index contributed by atoms with van der Waals surface area (Å²) in [6.45, 7) is 1.89. The minimum Gasteiger partial charge on any atom is -0.383 e. The van der Waals surface area contributed by atoms with Crippen LogP contribution in [0, 0.1) is 0 Å². The number of nitrogens with zero attached hydrogens (tertiary/aromatic N) is 4. The number of pyridine rings is 1. The van der Waals surface area contributed by atoms with Crippen LogP contribution in [0.15, 0.2) is 24.7 Å². The van der Waals surface area contributed by atoms with E-state index in [0.29, 0.717) is 11.8 Å². The molecule has 0 aliphatic carbocycles. The number of nitrogens with two attached hydrogens (primary N) is 1. The summed E-state index contributed by atoms with van der Waals surface area (Å²) >= 11 is 0. The van der Waals surface area contributed by atoms with Crippen LogP contribution in [0.1, 0.15) is 29.6 Å². The van der Waals surface area contributed by atoms with Crippen molar-refractivity contribution in [1.82, 2.24) is 19.7 Å². The largest absolute Gasteiger partial charge is 0.383 e. The Morgan fingerprint density at radius 2 is 2.00 bits per heavy atom. The zero-order valence-electron chi connectivity index (χ0n) is 12.8. The summed E-state index contributed by atoms with van der Waals surface area (Å²) < 4.78 is 1.61. The van der Waals surface area contributed by atoms with Gasteiger partial charge in [-0.1, -0.05) is 0 Å². The van der Waals surface area contributed by atoms with Gasteiger partial charge in [-0.2, -0.15) is 5.10 Å². The first-order valence-electron chi connectivity index (χ1n) is 7.68. The molecule has 23 heavy (non-hydrogen) atoms. The first kappa shape index (κ1) is 15.2. The van der Waals surface area contributed by atoms with Gasteiger partial charge < -0.3 is 10.6 Å². The molecular formula is C16H19N5O2. The van der Waals surface area contributed by atoms with Crippen molar-refractivity contribution in [2.75, 3.05) is 18.8 Å². The van der Waals surface area contributed by atoms with Crippen LogP contribution in [0.4, 0.5) is 5.82 Å². The van der Waals surface area contributed by atoms with Gasteiger partial charge in [0.15, 0.2) is 6.29 Å². The lowest BCUT2D eigenvalue weighted by atomic mass is 10.1. The molecule has 1 aliphatic rings. The molecular weight excluding hydrogens is 294 g/mol. The normalized spacial score (nSPS) is 14.7. The predicted octanol–water partition coefficient (Wildman–Crippen LogP) is 1.35. The quantitative estimate of drug-likeness (QED) is 0.860. The number of anilines is 1. The van der Waals surface area contributed by atoms with Crippen molar-refractivity contribution in [1.29, 1.82) is 0 Å². The fraction of sp³-hybridized carbons (Fsp3) is 0.375. The van der Waals surface area contributed by atoms with Gasteiger partial charge in [0, 0.05) is 36.6 Å². The summed E-state index contributed by atoms with van der Waals surface area (Å²) in [6.07, 6.45) is 9.05. The number of hydrogen-bond acceptors (Lipinski definition) is 5. The van der Waals surface area contributed by atoms with Crippen LogP contribution in [0.3, 0.4) is 0 Å². The van der Waals surface area contributed by atoms with Gasteiger partial charge >= 0.3 is 0 Å². The second-order valence-corrected chi connectivity index (χ2v) is 5.68. The number of carbonyl (C=O) groups is 2. The molecule has 2 N–H and O–H groups in total. The second kappa shape index (κ2) is 6.60. The minimum atomic E-state index is 0.0864. The van der Waals surface area contributed by atoms with E-state index in [4.69, 9.17) is 5.73 Å². The van der Waals surface area contributed by atoms with Crippen LogP contribution in [-0.2, 0) is 11.3 Å². The van der Waals surface area contributed by atoms with Gasteiger partial charge in [-0.25, -0.2) is 4.98 Å². The molecule has 3 rings (SSSR count). The Bertz CT molecular complexity index is 719. The maximum Gasteiger partial charge on any atom is 0.244 e. The molecule has 7 heteroatoms. The van der Waals surface area contributed by atoms with Gasteiger partial charge in [0.25, 0.3) is 0 Å². The van der Waals surface area contributed by atoms with Gasteiger partial charge in [-0.15, -0.1) is 0 Å². The number of aromatic nitrogens is 3. The monoisotopic (exact) mass is 313 g/mol. The Labute approximate surface area is 134 Å². The Morgan fingerprint density at radius 1 is 1.22 bits per heavy atom. The van der Waals surface area contributed by atoms with Crippen molar-refractivity contribution >= 4 is 18.0 Å². The summed E-state index contributed by atoms with van der Waals surface area (Å²) in [5.41, 5.74) is 7.51. The molecule has 1 saturated heterocycles. The highest BCUT2D eigenvalue weighted by molar-refractivity contribution is 5.84. The molecule has 7 nitrogen and oxygen atoms in total. The highest BCUT2D eigenvalue weighted by Crippen LogP contribution is 2.20. The minimum absolute atomic E-state index is 0.0864. The van der Waals surface area contributed by atoms with E-state index in [1.165, 1.54) is 6.42 Å². The molecule has 0 radical (unpaired) electrons. The third kappa shape index (κ3) is 3.39. The van der Waals surface area contributed by atoms with Crippen LogP contribution in [0.2, 0.25) is 0 Å². The summed E-state index contributed by atoms with van der Waals surface area (Å²) in [4.78, 5) is 29.1. The lowest BCUT2D eigenvalue weighted by Crippen LogP contribution is -2.37. The zero-order chi connectivity index (χ0) is 16.2. The Kier molecular flexibility index (Phi) is 4.36. The van der Waals surface area contributed by atoms with Gasteiger partial charge in [-0.05, 0) is 25.3 Å². The first-order chi connectivity index (χ1) is 11.2. The number of likely N-dealkylation sites (tertiary alicyclic amines) is 1. The predicted molar refractivity (Wildman–Crippen MR) is 85.7 cm³/mol. The lowest BCUT2D eigenvalue weighted by molar-refractivity contribution is -0.132. The molecule has 120 valence electrons. The fourth-order valence-corrected chi connectivity index (χ4v) is 2.73. The highest BCUT2D eigenvalue weighted by Gasteiger charge is 2.17. The third-order valence-corrected chi connectivity index (χ3v) is 4.05. The summed E-state index contributed by atoms with van der Waals surface area (Å²) in [5.74, 6) is 0.291. The lowest BCUT2D eigenvalue weighted by Gasteiger charge is -2.26. The zero-order valence-corrected chi connectivity index (χ0v) is 12.8. The fourth-order valence-electron chi connectivity index (χ4n) is 2.73. The van der Waals surface area contributed by atoms with E-state index in [2.05, 4.69) is 10.1 Å². The topological polar surface area (TPSA) is 94.1 Å². The van der Waals surface area contributed by atoms with Gasteiger partial charge in [-0.3, -0.25) is 14.3 Å². The SMILES string of the molecule is Nc1ncc(-c2cnn(CC(=O)N3CCCCC3)c2)cc1C=O. The Balaban J connectivity index is 1.72. The number of hydrogen-bond donors (Lipinski definition) is 1. The van der Waals surface area contributed by atoms with E-state index < -0.39 is 0 Å². The van der Waals surface area contributed by atoms with Crippen LogP contribution in [0.25, 0.3) is 11.1 Å². The van der Waals surface area contributed by atoms with E-state index in [1.807, 2.05) is 4.90 Å². The van der Waals surface area contributed by atoms with Crippen LogP contribution >= 0.6 is 0 Å². The number of rotatable bonds is 4. The molecule has 0 bridgehead atoms. The molecule has 1 amide bonds. The molecule has 0 aromatic carbocycles. The number of piperidine rings is 1. The first-order valence-corrected chi connectivity index (χ1v) is 7.68. The van der Waals surface area contributed by atoms with E-state index in [9.17, 15) is 9.59 Å². The smallest absolute Gasteiger partial charge is 0.244 e. The molecule has 0 atom stereocenters. The maximum atomic E-state index is 12.2. The summed E-state index contributed by atoms with van der Waals surface area (Å²) in [7, 11) is 0. The van der Waals surface area contributed by atoms with Gasteiger partial charge in [0.05, 0.1) is 11.8 Å². The number of aldehydes is 1. The molecule has 2 aromatic rings. The molecule has 0 saturated carbocycles. The standard InChI is InChI=1S/C16H19N5O2/c17-16-13(11-22)6-12(7-18-16)14-8-19-21(9-14)10-15(23)20-4-2-1-3-5-20/h6-9,11H,1-5,10H2,(H2,17,18). The number of amides is 1. The summed E-state index contributed by atoms with van der Waals surface area (Å²) in [6, 6.07) is 1.67. The number of nitrogen functional groups attached to an aromatic ring is 1. The van der Waals surface area contributed by atoms with Crippen LogP contribution in [0.5, 0.6) is 0 Å². The molecule has 1 fully saturated rings. The highest BCUT2D eigenvalue weighted by atomic mass is 16.2. The van der Waals surface area contributed by atoms with E-state index in [-0.39, 0.29) is 18.3 Å². The second-order valence-electron chi connectivity index (χ2n) is 5.68. The van der Waals surface area contributed by atoms with Crippen molar-refractivity contribution < 1.29 is 9.59 Å². The van der Waals surface area contributed by atoms with Crippen molar-refractivity contribution in [3.8, 4) is 11.1 Å². The van der Waals surface area contributed by atoms with E-state index in [0.717, 1.165) is 37.1 Å². The van der Waals surface area contributed by atoms with E-state index >= 15 is 0 Å². The van der Waals surface area contributed by atoms with Crippen molar-refractivity contribution in [2.24, 2.45) is 0 Å². The maximum absolute atomic E-state index is 12.2. The Hall–Kier alpha value is -2.70. The number of carbonyl (C=O) groups excluding carboxylic acids is 2. The molecule has 0 unspecified atom stereocenters. The summed E-state index contributed by atoms with van der Waals surface area (Å²) in [5, 5.41) is 4.23. The average Bonchev–Trinajstić information content (AvgIpc) is 3.04. The van der Waals surface area contributed by atoms with Gasteiger partial charge in [0.1, 0.15) is 12.4 Å². The molecule has 1 aliphatic heterocycles. The van der Waals surface area contributed by atoms with Crippen molar-refractivity contribution in [3.05, 3.63) is 30.2 Å². The molecule has 2 aromatic heterocycles. The van der Waals surface area contributed by atoms with Crippen LogP contribution in [-0.4, -0.2) is 44.9 Å². The third-order valence-electron chi connectivity index (χ3n) is 4.05. The van der Waals surface area contributed by atoms with E-state index in [1.54, 1.807) is 29.3 Å². The molecule has 0 spiro atoms. The average molecular weight is 313 g/mol. The molecule has 3 heterocycles. The van der Waals surface area contributed by atoms with Gasteiger partial charge in [0.2, 0.25) is 5.91 Å². The Morgan fingerprint density at radius 3 is 2.74 bits per heavy atom. The van der Waals surface area contributed by atoms with Crippen molar-refractivity contribution in [3.63, 3.8) is 0 Å². The van der Waals surface area contributed by atoms with Crippen LogP contribution < -0.4 is 5.73 Å². The van der Waals surface area contributed by atoms with Crippen molar-refractivity contribution in [2.45, 2.75) is 25.8 Å².